The second-order valence-electron chi connectivity index (χ2n) is 4.60. The average Bonchev–Trinajstić information content (AvgIpc) is 2.14. The highest BCUT2D eigenvalue weighted by atomic mass is 16.4. The van der Waals surface area contributed by atoms with Crippen molar-refractivity contribution in [3.8, 4) is 0 Å². The van der Waals surface area contributed by atoms with Crippen molar-refractivity contribution < 1.29 is 19.8 Å². The Balaban J connectivity index is 4.65. The van der Waals surface area contributed by atoms with Crippen LogP contribution in [-0.4, -0.2) is 22.2 Å². The van der Waals surface area contributed by atoms with Crippen molar-refractivity contribution >= 4 is 11.9 Å². The van der Waals surface area contributed by atoms with Crippen LogP contribution in [-0.2, 0) is 9.59 Å². The largest absolute Gasteiger partial charge is 0.478 e. The molecule has 0 aromatic rings. The monoisotopic (exact) mass is 228 g/mol. The van der Waals surface area contributed by atoms with E-state index in [4.69, 9.17) is 10.2 Å². The molecule has 0 saturated carbocycles. The maximum atomic E-state index is 10.8. The Bertz CT molecular complexity index is 291. The van der Waals surface area contributed by atoms with E-state index in [1.54, 1.807) is 0 Å². The molecule has 0 aromatic heterocycles. The van der Waals surface area contributed by atoms with Gasteiger partial charge in [-0.05, 0) is 24.2 Å². The van der Waals surface area contributed by atoms with Crippen LogP contribution in [0, 0.1) is 17.8 Å². The second-order valence-corrected chi connectivity index (χ2v) is 4.60. The van der Waals surface area contributed by atoms with E-state index >= 15 is 0 Å². The van der Waals surface area contributed by atoms with Gasteiger partial charge in [0.25, 0.3) is 0 Å². The topological polar surface area (TPSA) is 74.6 Å². The van der Waals surface area contributed by atoms with Crippen molar-refractivity contribution in [3.63, 3.8) is 0 Å². The molecule has 16 heavy (non-hydrogen) atoms. The van der Waals surface area contributed by atoms with Crippen LogP contribution in [0.3, 0.4) is 0 Å². The molecule has 0 amide bonds. The summed E-state index contributed by atoms with van der Waals surface area (Å²) in [4.78, 5) is 21.3. The van der Waals surface area contributed by atoms with E-state index in [0.717, 1.165) is 6.08 Å². The Morgan fingerprint density at radius 1 is 1.12 bits per heavy atom. The molecule has 0 aliphatic heterocycles. The van der Waals surface area contributed by atoms with Gasteiger partial charge in [0, 0.05) is 11.6 Å². The summed E-state index contributed by atoms with van der Waals surface area (Å²) < 4.78 is 0. The molecule has 2 atom stereocenters. The third-order valence-electron chi connectivity index (χ3n) is 3.06. The van der Waals surface area contributed by atoms with E-state index in [0.29, 0.717) is 18.3 Å². The number of hydrogen-bond donors (Lipinski definition) is 2. The number of carbonyl (C=O) groups is 2. The van der Waals surface area contributed by atoms with E-state index in [-0.39, 0.29) is 11.5 Å². The van der Waals surface area contributed by atoms with Crippen LogP contribution in [0.2, 0.25) is 0 Å². The van der Waals surface area contributed by atoms with Gasteiger partial charge in [-0.3, -0.25) is 0 Å². The third-order valence-corrected chi connectivity index (χ3v) is 3.06. The minimum Gasteiger partial charge on any atom is -0.478 e. The predicted octanol–water partition coefficient (Wildman–Crippen LogP) is 2.40. The summed E-state index contributed by atoms with van der Waals surface area (Å²) in [7, 11) is 0. The number of aliphatic carboxylic acids is 2. The van der Waals surface area contributed by atoms with Crippen molar-refractivity contribution in [2.45, 2.75) is 34.1 Å². The van der Waals surface area contributed by atoms with Gasteiger partial charge in [0.1, 0.15) is 0 Å². The minimum atomic E-state index is -1.21. The van der Waals surface area contributed by atoms with E-state index in [2.05, 4.69) is 20.8 Å². The zero-order valence-corrected chi connectivity index (χ0v) is 10.2. The number of carboxylic acid groups (broad SMARTS) is 2. The maximum absolute atomic E-state index is 10.8. The Hall–Kier alpha value is -1.32. The lowest BCUT2D eigenvalue weighted by molar-refractivity contribution is -0.135. The molecule has 2 N–H and O–H groups in total. The lowest BCUT2D eigenvalue weighted by atomic mass is 9.82. The first-order valence-corrected chi connectivity index (χ1v) is 5.42. The molecule has 0 fully saturated rings. The van der Waals surface area contributed by atoms with Crippen molar-refractivity contribution in [1.82, 2.24) is 0 Å². The summed E-state index contributed by atoms with van der Waals surface area (Å²) in [5, 5.41) is 17.4. The van der Waals surface area contributed by atoms with Gasteiger partial charge in [-0.2, -0.15) is 0 Å². The van der Waals surface area contributed by atoms with Crippen molar-refractivity contribution in [1.29, 1.82) is 0 Å². The fraction of sp³-hybridized carbons (Fsp3) is 0.667. The first-order valence-electron chi connectivity index (χ1n) is 5.42. The van der Waals surface area contributed by atoms with Gasteiger partial charge in [0.15, 0.2) is 0 Å². The molecule has 0 rings (SSSR count). The minimum absolute atomic E-state index is 0.0347. The van der Waals surface area contributed by atoms with E-state index in [1.807, 2.05) is 6.92 Å². The Morgan fingerprint density at radius 2 is 1.62 bits per heavy atom. The van der Waals surface area contributed by atoms with Gasteiger partial charge in [0.05, 0.1) is 0 Å². The highest BCUT2D eigenvalue weighted by Crippen LogP contribution is 2.25. The molecule has 0 aliphatic carbocycles. The van der Waals surface area contributed by atoms with Gasteiger partial charge in [-0.1, -0.05) is 27.7 Å². The smallest absolute Gasteiger partial charge is 0.331 e. The molecular weight excluding hydrogens is 208 g/mol. The van der Waals surface area contributed by atoms with Crippen LogP contribution in [0.5, 0.6) is 0 Å². The lowest BCUT2D eigenvalue weighted by Crippen LogP contribution is -2.17. The molecule has 0 spiro atoms. The predicted molar refractivity (Wildman–Crippen MR) is 61.1 cm³/mol. The second kappa shape index (κ2) is 6.30. The molecule has 4 nitrogen and oxygen atoms in total. The summed E-state index contributed by atoms with van der Waals surface area (Å²) in [5.41, 5.74) is -0.0347. The lowest BCUT2D eigenvalue weighted by Gasteiger charge is -2.23. The standard InChI is InChI=1S/C12H20O4/c1-7(2)9(4)8(3)5-10(12(15)16)6-11(13)14/h6-9H,5H2,1-4H3,(H,13,14)(H,15,16). The zero-order chi connectivity index (χ0) is 12.9. The molecule has 4 heteroatoms. The van der Waals surface area contributed by atoms with Crippen molar-refractivity contribution in [2.24, 2.45) is 17.8 Å². The van der Waals surface area contributed by atoms with E-state index in [9.17, 15) is 9.59 Å². The molecular formula is C12H20O4. The SMILES string of the molecule is CC(C)C(C)C(C)CC(=CC(=O)O)C(=O)O. The quantitative estimate of drug-likeness (QED) is 0.684. The summed E-state index contributed by atoms with van der Waals surface area (Å²) in [6.07, 6.45) is 1.08. The summed E-state index contributed by atoms with van der Waals surface area (Å²) in [6.45, 7) is 8.14. The molecule has 0 bridgehead atoms. The molecule has 0 aliphatic rings. The van der Waals surface area contributed by atoms with Gasteiger partial charge in [-0.15, -0.1) is 0 Å². The summed E-state index contributed by atoms with van der Waals surface area (Å²) >= 11 is 0. The van der Waals surface area contributed by atoms with Crippen LogP contribution < -0.4 is 0 Å². The molecule has 0 saturated heterocycles. The highest BCUT2D eigenvalue weighted by molar-refractivity contribution is 5.94. The zero-order valence-electron chi connectivity index (χ0n) is 10.2. The van der Waals surface area contributed by atoms with Crippen molar-refractivity contribution in [3.05, 3.63) is 11.6 Å². The average molecular weight is 228 g/mol. The number of rotatable bonds is 6. The Morgan fingerprint density at radius 3 is 1.94 bits per heavy atom. The fourth-order valence-corrected chi connectivity index (χ4v) is 1.55. The van der Waals surface area contributed by atoms with Crippen LogP contribution in [0.25, 0.3) is 0 Å². The van der Waals surface area contributed by atoms with Gasteiger partial charge < -0.3 is 10.2 Å². The Kier molecular flexibility index (Phi) is 5.78. The molecule has 0 aromatic carbocycles. The third kappa shape index (κ3) is 4.96. The number of carboxylic acids is 2. The van der Waals surface area contributed by atoms with Gasteiger partial charge >= 0.3 is 11.9 Å². The molecule has 2 unspecified atom stereocenters. The van der Waals surface area contributed by atoms with Crippen LogP contribution in [0.15, 0.2) is 11.6 Å². The normalized spacial score (nSPS) is 15.9. The van der Waals surface area contributed by atoms with Crippen molar-refractivity contribution in [2.75, 3.05) is 0 Å². The van der Waals surface area contributed by atoms with Crippen LogP contribution in [0.1, 0.15) is 34.1 Å². The first kappa shape index (κ1) is 14.7. The van der Waals surface area contributed by atoms with Gasteiger partial charge in [-0.25, -0.2) is 9.59 Å². The van der Waals surface area contributed by atoms with Gasteiger partial charge in [0.2, 0.25) is 0 Å². The molecule has 0 heterocycles. The van der Waals surface area contributed by atoms with E-state index < -0.39 is 11.9 Å². The summed E-state index contributed by atoms with van der Waals surface area (Å²) in [6, 6.07) is 0. The number of hydrogen-bond acceptors (Lipinski definition) is 2. The molecule has 0 radical (unpaired) electrons. The van der Waals surface area contributed by atoms with Crippen LogP contribution in [0.4, 0.5) is 0 Å². The fourth-order valence-electron chi connectivity index (χ4n) is 1.55. The molecule has 92 valence electrons. The van der Waals surface area contributed by atoms with E-state index in [1.165, 1.54) is 0 Å². The first-order chi connectivity index (χ1) is 7.25. The highest BCUT2D eigenvalue weighted by Gasteiger charge is 2.20. The summed E-state index contributed by atoms with van der Waals surface area (Å²) in [5.74, 6) is -1.39. The van der Waals surface area contributed by atoms with Crippen LogP contribution >= 0.6 is 0 Å². The maximum Gasteiger partial charge on any atom is 0.331 e. The Labute approximate surface area is 96.0 Å².